The highest BCUT2D eigenvalue weighted by atomic mass is 32.2. The Balaban J connectivity index is 2.28. The Labute approximate surface area is 125 Å². The van der Waals surface area contributed by atoms with Crippen molar-refractivity contribution in [3.63, 3.8) is 0 Å². The lowest BCUT2D eigenvalue weighted by atomic mass is 10.1. The molecule has 5 nitrogen and oxygen atoms in total. The van der Waals surface area contributed by atoms with E-state index in [0.717, 1.165) is 12.8 Å². The van der Waals surface area contributed by atoms with E-state index in [9.17, 15) is 9.59 Å². The number of nitrogens with one attached hydrogen (secondary N) is 2. The summed E-state index contributed by atoms with van der Waals surface area (Å²) in [6.45, 7) is 4.45. The molecule has 0 aliphatic heterocycles. The van der Waals surface area contributed by atoms with E-state index in [1.807, 2.05) is 25.6 Å². The highest BCUT2D eigenvalue weighted by Crippen LogP contribution is 2.39. The van der Waals surface area contributed by atoms with Crippen molar-refractivity contribution >= 4 is 23.6 Å². The van der Waals surface area contributed by atoms with Gasteiger partial charge in [-0.3, -0.25) is 9.59 Å². The first-order valence-electron chi connectivity index (χ1n) is 7.25. The Morgan fingerprint density at radius 1 is 1.25 bits per heavy atom. The predicted octanol–water partition coefficient (Wildman–Crippen LogP) is 0.878. The van der Waals surface area contributed by atoms with E-state index in [-0.39, 0.29) is 29.0 Å². The number of carbonyl (C=O) groups is 2. The molecule has 1 atom stereocenters. The highest BCUT2D eigenvalue weighted by molar-refractivity contribution is 8.00. The fourth-order valence-electron chi connectivity index (χ4n) is 2.38. The summed E-state index contributed by atoms with van der Waals surface area (Å²) in [5.41, 5.74) is 5.72. The van der Waals surface area contributed by atoms with Crippen LogP contribution in [-0.4, -0.2) is 41.9 Å². The molecule has 1 aliphatic rings. The average molecular weight is 301 g/mol. The number of carbonyl (C=O) groups excluding carboxylic acids is 2. The van der Waals surface area contributed by atoms with Gasteiger partial charge in [-0.2, -0.15) is 11.8 Å². The molecule has 1 aliphatic carbocycles. The van der Waals surface area contributed by atoms with Crippen LogP contribution in [-0.2, 0) is 9.59 Å². The molecule has 1 saturated carbocycles. The molecule has 1 rings (SSSR count). The van der Waals surface area contributed by atoms with Gasteiger partial charge in [0.05, 0.1) is 12.6 Å². The number of rotatable bonds is 7. The van der Waals surface area contributed by atoms with E-state index in [2.05, 4.69) is 16.9 Å². The quantitative estimate of drug-likeness (QED) is 0.652. The molecule has 4 N–H and O–H groups in total. The molecule has 0 saturated heterocycles. The van der Waals surface area contributed by atoms with Gasteiger partial charge in [0.1, 0.15) is 0 Å². The Hall–Kier alpha value is -0.750. The fraction of sp³-hybridized carbons (Fsp3) is 0.857. The summed E-state index contributed by atoms with van der Waals surface area (Å²) in [5.74, 6) is -0.346. The molecule has 1 fully saturated rings. The number of nitrogens with two attached hydrogens (primary N) is 1. The van der Waals surface area contributed by atoms with Gasteiger partial charge in [0, 0.05) is 11.3 Å². The number of thioether (sulfide) groups is 1. The number of amides is 2. The summed E-state index contributed by atoms with van der Waals surface area (Å²) >= 11 is 1.83. The van der Waals surface area contributed by atoms with Crippen molar-refractivity contribution in [1.82, 2.24) is 10.6 Å². The van der Waals surface area contributed by atoms with Gasteiger partial charge < -0.3 is 16.4 Å². The van der Waals surface area contributed by atoms with Crippen molar-refractivity contribution in [2.45, 2.75) is 50.3 Å². The summed E-state index contributed by atoms with van der Waals surface area (Å²) in [7, 11) is 0. The van der Waals surface area contributed by atoms with Crippen LogP contribution in [0.4, 0.5) is 0 Å². The third-order valence-corrected chi connectivity index (χ3v) is 5.42. The molecule has 0 aromatic carbocycles. The minimum absolute atomic E-state index is 0.00368. The standard InChI is InChI=1S/C14H27N3O2S/c1-10(2)12(15)13(19)16-8-11(18)17-9-14(20-3)6-4-5-7-14/h10,12H,4-9,15H2,1-3H3,(H,16,19)(H,17,18)/t12-/m0/s1. The molecule has 0 radical (unpaired) electrons. The molecule has 116 valence electrons. The average Bonchev–Trinajstić information content (AvgIpc) is 2.91. The van der Waals surface area contributed by atoms with Crippen LogP contribution in [0.15, 0.2) is 0 Å². The highest BCUT2D eigenvalue weighted by Gasteiger charge is 2.33. The Morgan fingerprint density at radius 3 is 2.35 bits per heavy atom. The third kappa shape index (κ3) is 4.98. The minimum Gasteiger partial charge on any atom is -0.353 e. The number of hydrogen-bond acceptors (Lipinski definition) is 4. The number of hydrogen-bond donors (Lipinski definition) is 3. The Bertz CT molecular complexity index is 341. The van der Waals surface area contributed by atoms with Crippen molar-refractivity contribution in [1.29, 1.82) is 0 Å². The summed E-state index contributed by atoms with van der Waals surface area (Å²) in [6, 6.07) is -0.560. The van der Waals surface area contributed by atoms with E-state index in [4.69, 9.17) is 5.73 Å². The van der Waals surface area contributed by atoms with Gasteiger partial charge in [-0.25, -0.2) is 0 Å². The van der Waals surface area contributed by atoms with Crippen LogP contribution in [0.5, 0.6) is 0 Å². The maximum absolute atomic E-state index is 11.8. The van der Waals surface area contributed by atoms with E-state index < -0.39 is 6.04 Å². The molecule has 0 bridgehead atoms. The lowest BCUT2D eigenvalue weighted by Gasteiger charge is -2.27. The topological polar surface area (TPSA) is 84.2 Å². The monoisotopic (exact) mass is 301 g/mol. The van der Waals surface area contributed by atoms with Crippen LogP contribution in [0.2, 0.25) is 0 Å². The minimum atomic E-state index is -0.560. The summed E-state index contributed by atoms with van der Waals surface area (Å²) in [6.07, 6.45) is 6.87. The molecule has 20 heavy (non-hydrogen) atoms. The molecule has 2 amide bonds. The van der Waals surface area contributed by atoms with Crippen molar-refractivity contribution in [2.75, 3.05) is 19.3 Å². The van der Waals surface area contributed by atoms with Gasteiger partial charge >= 0.3 is 0 Å². The van der Waals surface area contributed by atoms with Crippen molar-refractivity contribution in [2.24, 2.45) is 11.7 Å². The third-order valence-electron chi connectivity index (χ3n) is 4.00. The lowest BCUT2D eigenvalue weighted by Crippen LogP contribution is -2.48. The maximum atomic E-state index is 11.8. The van der Waals surface area contributed by atoms with E-state index in [0.29, 0.717) is 6.54 Å². The van der Waals surface area contributed by atoms with E-state index in [1.54, 1.807) is 0 Å². The Kier molecular flexibility index (Phi) is 6.82. The smallest absolute Gasteiger partial charge is 0.239 e. The summed E-state index contributed by atoms with van der Waals surface area (Å²) < 4.78 is 0.188. The lowest BCUT2D eigenvalue weighted by molar-refractivity contribution is -0.127. The van der Waals surface area contributed by atoms with Crippen LogP contribution < -0.4 is 16.4 Å². The zero-order valence-electron chi connectivity index (χ0n) is 12.7. The van der Waals surface area contributed by atoms with Gasteiger partial charge in [-0.05, 0) is 25.0 Å². The van der Waals surface area contributed by atoms with Gasteiger partial charge in [0.25, 0.3) is 0 Å². The molecule has 0 unspecified atom stereocenters. The van der Waals surface area contributed by atoms with Crippen LogP contribution in [0.3, 0.4) is 0 Å². The molecule has 0 aromatic rings. The fourth-order valence-corrected chi connectivity index (χ4v) is 3.30. The van der Waals surface area contributed by atoms with Crippen molar-refractivity contribution < 1.29 is 9.59 Å². The van der Waals surface area contributed by atoms with Crippen LogP contribution in [0, 0.1) is 5.92 Å². The van der Waals surface area contributed by atoms with Crippen LogP contribution >= 0.6 is 11.8 Å². The van der Waals surface area contributed by atoms with Gasteiger partial charge in [0.2, 0.25) is 11.8 Å². The van der Waals surface area contributed by atoms with Crippen molar-refractivity contribution in [3.05, 3.63) is 0 Å². The van der Waals surface area contributed by atoms with Crippen molar-refractivity contribution in [3.8, 4) is 0 Å². The summed E-state index contributed by atoms with van der Waals surface area (Å²) in [5, 5.41) is 5.51. The molecule has 0 spiro atoms. The SMILES string of the molecule is CSC1(CNC(=O)CNC(=O)[C@@H](N)C(C)C)CCCC1. The molecule has 6 heteroatoms. The second-order valence-corrected chi connectivity index (χ2v) is 7.13. The zero-order chi connectivity index (χ0) is 15.2. The van der Waals surface area contributed by atoms with Crippen LogP contribution in [0.25, 0.3) is 0 Å². The largest absolute Gasteiger partial charge is 0.353 e. The first kappa shape index (κ1) is 17.3. The van der Waals surface area contributed by atoms with Crippen LogP contribution in [0.1, 0.15) is 39.5 Å². The molecular formula is C14H27N3O2S. The van der Waals surface area contributed by atoms with Gasteiger partial charge in [-0.15, -0.1) is 0 Å². The zero-order valence-corrected chi connectivity index (χ0v) is 13.5. The second kappa shape index (κ2) is 7.88. The van der Waals surface area contributed by atoms with Gasteiger partial charge in [0.15, 0.2) is 0 Å². The first-order chi connectivity index (χ1) is 9.40. The Morgan fingerprint density at radius 2 is 1.85 bits per heavy atom. The second-order valence-electron chi connectivity index (χ2n) is 5.86. The first-order valence-corrected chi connectivity index (χ1v) is 8.48. The summed E-state index contributed by atoms with van der Waals surface area (Å²) in [4.78, 5) is 23.4. The predicted molar refractivity (Wildman–Crippen MR) is 83.5 cm³/mol. The van der Waals surface area contributed by atoms with E-state index >= 15 is 0 Å². The van der Waals surface area contributed by atoms with Gasteiger partial charge in [-0.1, -0.05) is 26.7 Å². The maximum Gasteiger partial charge on any atom is 0.239 e. The molecule has 0 aromatic heterocycles. The normalized spacial score (nSPS) is 18.9. The van der Waals surface area contributed by atoms with E-state index in [1.165, 1.54) is 12.8 Å². The molecular weight excluding hydrogens is 274 g/mol. The molecule has 0 heterocycles.